The number of ketones is 1. The van der Waals surface area contributed by atoms with Gasteiger partial charge in [0, 0.05) is 15.7 Å². The van der Waals surface area contributed by atoms with Gasteiger partial charge in [0.15, 0.2) is 5.78 Å². The first kappa shape index (κ1) is 15.6. The van der Waals surface area contributed by atoms with Crippen molar-refractivity contribution in [1.82, 2.24) is 0 Å². The van der Waals surface area contributed by atoms with Crippen LogP contribution in [0.5, 0.6) is 0 Å². The Morgan fingerprint density at radius 3 is 2.38 bits per heavy atom. The molecule has 2 aromatic rings. The summed E-state index contributed by atoms with van der Waals surface area (Å²) in [5.41, 5.74) is -0.0649. The summed E-state index contributed by atoms with van der Waals surface area (Å²) in [6, 6.07) is 11.6. The SMILES string of the molecule is O=C(CNc1ccc(Br)cc1)c1cccc(C(F)(F)F)c1. The molecular weight excluding hydrogens is 347 g/mol. The van der Waals surface area contributed by atoms with Gasteiger partial charge in [-0.05, 0) is 36.4 Å². The molecule has 0 atom stereocenters. The number of rotatable bonds is 4. The Balaban J connectivity index is 2.05. The maximum Gasteiger partial charge on any atom is 0.416 e. The van der Waals surface area contributed by atoms with Crippen LogP contribution in [0.2, 0.25) is 0 Å². The second-order valence-corrected chi connectivity index (χ2v) is 5.28. The summed E-state index contributed by atoms with van der Waals surface area (Å²) in [6.07, 6.45) is -4.45. The van der Waals surface area contributed by atoms with E-state index in [2.05, 4.69) is 21.2 Å². The average Bonchev–Trinajstić information content (AvgIpc) is 2.45. The predicted molar refractivity (Wildman–Crippen MR) is 78.4 cm³/mol. The summed E-state index contributed by atoms with van der Waals surface area (Å²) in [4.78, 5) is 11.9. The van der Waals surface area contributed by atoms with E-state index in [1.807, 2.05) is 0 Å². The molecule has 0 aliphatic rings. The van der Waals surface area contributed by atoms with E-state index in [-0.39, 0.29) is 12.1 Å². The Morgan fingerprint density at radius 2 is 1.76 bits per heavy atom. The molecule has 0 bridgehead atoms. The molecule has 2 nitrogen and oxygen atoms in total. The largest absolute Gasteiger partial charge is 0.416 e. The number of carbonyl (C=O) groups excluding carboxylic acids is 1. The summed E-state index contributed by atoms with van der Waals surface area (Å²) in [6.45, 7) is -0.0665. The lowest BCUT2D eigenvalue weighted by Crippen LogP contribution is -2.15. The van der Waals surface area contributed by atoms with Gasteiger partial charge >= 0.3 is 6.18 Å². The number of halogens is 4. The van der Waals surface area contributed by atoms with Crippen LogP contribution in [0.15, 0.2) is 53.0 Å². The normalized spacial score (nSPS) is 11.2. The number of nitrogens with one attached hydrogen (secondary N) is 1. The highest BCUT2D eigenvalue weighted by molar-refractivity contribution is 9.10. The van der Waals surface area contributed by atoms with Crippen molar-refractivity contribution in [3.8, 4) is 0 Å². The van der Waals surface area contributed by atoms with E-state index in [0.29, 0.717) is 0 Å². The van der Waals surface area contributed by atoms with Crippen molar-refractivity contribution >= 4 is 27.4 Å². The number of Topliss-reactive ketones (excluding diaryl/α,β-unsaturated/α-hetero) is 1. The molecule has 1 N–H and O–H groups in total. The van der Waals surface area contributed by atoms with E-state index >= 15 is 0 Å². The summed E-state index contributed by atoms with van der Waals surface area (Å²) in [5, 5.41) is 2.88. The highest BCUT2D eigenvalue weighted by atomic mass is 79.9. The van der Waals surface area contributed by atoms with Gasteiger partial charge in [-0.1, -0.05) is 28.1 Å². The third-order valence-electron chi connectivity index (χ3n) is 2.81. The molecule has 0 spiro atoms. The Labute approximate surface area is 128 Å². The van der Waals surface area contributed by atoms with E-state index in [1.165, 1.54) is 12.1 Å². The fourth-order valence-corrected chi connectivity index (χ4v) is 1.99. The van der Waals surface area contributed by atoms with Crippen LogP contribution in [0, 0.1) is 0 Å². The van der Waals surface area contributed by atoms with Gasteiger partial charge < -0.3 is 5.32 Å². The molecule has 2 aromatic carbocycles. The summed E-state index contributed by atoms with van der Waals surface area (Å²) < 4.78 is 38.7. The Morgan fingerprint density at radius 1 is 1.10 bits per heavy atom. The van der Waals surface area contributed by atoms with Crippen LogP contribution in [0.3, 0.4) is 0 Å². The van der Waals surface area contributed by atoms with Crippen LogP contribution in [0.4, 0.5) is 18.9 Å². The second-order valence-electron chi connectivity index (χ2n) is 4.36. The fraction of sp³-hybridized carbons (Fsp3) is 0.133. The van der Waals surface area contributed by atoms with Crippen LogP contribution in [-0.2, 0) is 6.18 Å². The summed E-state index contributed by atoms with van der Waals surface area (Å²) in [7, 11) is 0. The number of benzene rings is 2. The first-order chi connectivity index (χ1) is 9.86. The van der Waals surface area contributed by atoms with Crippen LogP contribution < -0.4 is 5.32 Å². The van der Waals surface area contributed by atoms with E-state index in [1.54, 1.807) is 24.3 Å². The molecule has 0 amide bonds. The average molecular weight is 358 g/mol. The van der Waals surface area contributed by atoms with Crippen LogP contribution in [0.25, 0.3) is 0 Å². The minimum Gasteiger partial charge on any atom is -0.378 e. The third kappa shape index (κ3) is 4.32. The smallest absolute Gasteiger partial charge is 0.378 e. The van der Waals surface area contributed by atoms with Gasteiger partial charge in [0.2, 0.25) is 0 Å². The lowest BCUT2D eigenvalue weighted by molar-refractivity contribution is -0.137. The fourth-order valence-electron chi connectivity index (χ4n) is 1.72. The molecule has 0 heterocycles. The first-order valence-electron chi connectivity index (χ1n) is 6.06. The Bertz CT molecular complexity index is 638. The van der Waals surface area contributed by atoms with Crippen LogP contribution in [-0.4, -0.2) is 12.3 Å². The molecule has 0 aliphatic heterocycles. The number of anilines is 1. The number of hydrogen-bond donors (Lipinski definition) is 1. The third-order valence-corrected chi connectivity index (χ3v) is 3.34. The lowest BCUT2D eigenvalue weighted by atomic mass is 10.1. The molecule has 0 unspecified atom stereocenters. The van der Waals surface area contributed by atoms with Gasteiger partial charge in [0.1, 0.15) is 0 Å². The number of alkyl halides is 3. The maximum atomic E-state index is 12.6. The minimum atomic E-state index is -4.45. The van der Waals surface area contributed by atoms with Gasteiger partial charge in [-0.15, -0.1) is 0 Å². The highest BCUT2D eigenvalue weighted by Gasteiger charge is 2.30. The van der Waals surface area contributed by atoms with E-state index in [4.69, 9.17) is 0 Å². The van der Waals surface area contributed by atoms with E-state index in [0.717, 1.165) is 22.3 Å². The summed E-state index contributed by atoms with van der Waals surface area (Å²) >= 11 is 3.29. The van der Waals surface area contributed by atoms with Crippen molar-refractivity contribution < 1.29 is 18.0 Å². The molecule has 0 saturated heterocycles. The minimum absolute atomic E-state index is 0.0365. The quantitative estimate of drug-likeness (QED) is 0.799. The van der Waals surface area contributed by atoms with E-state index in [9.17, 15) is 18.0 Å². The van der Waals surface area contributed by atoms with E-state index < -0.39 is 17.5 Å². The molecule has 0 aromatic heterocycles. The van der Waals surface area contributed by atoms with Crippen molar-refractivity contribution in [1.29, 1.82) is 0 Å². The zero-order chi connectivity index (χ0) is 15.5. The van der Waals surface area contributed by atoms with Gasteiger partial charge in [0.05, 0.1) is 12.1 Å². The lowest BCUT2D eigenvalue weighted by Gasteiger charge is -2.09. The Kier molecular flexibility index (Phi) is 4.67. The zero-order valence-electron chi connectivity index (χ0n) is 10.7. The molecule has 110 valence electrons. The standard InChI is InChI=1S/C15H11BrF3NO/c16-12-4-6-13(7-5-12)20-9-14(21)10-2-1-3-11(8-10)15(17,18)19/h1-8,20H,9H2. The molecule has 0 saturated carbocycles. The predicted octanol–water partition coefficient (Wildman–Crippen LogP) is 4.76. The molecule has 0 aliphatic carbocycles. The van der Waals surface area contributed by atoms with Crippen molar-refractivity contribution in [3.63, 3.8) is 0 Å². The van der Waals surface area contributed by atoms with Crippen molar-refractivity contribution in [2.45, 2.75) is 6.18 Å². The maximum absolute atomic E-state index is 12.6. The van der Waals surface area contributed by atoms with Gasteiger partial charge in [0.25, 0.3) is 0 Å². The number of hydrogen-bond acceptors (Lipinski definition) is 2. The van der Waals surface area contributed by atoms with Crippen molar-refractivity contribution in [3.05, 3.63) is 64.1 Å². The van der Waals surface area contributed by atoms with Crippen molar-refractivity contribution in [2.75, 3.05) is 11.9 Å². The van der Waals surface area contributed by atoms with Crippen LogP contribution >= 0.6 is 15.9 Å². The number of carbonyl (C=O) groups is 1. The summed E-state index contributed by atoms with van der Waals surface area (Å²) in [5.74, 6) is -0.399. The Hall–Kier alpha value is -1.82. The molecule has 6 heteroatoms. The van der Waals surface area contributed by atoms with Gasteiger partial charge in [-0.25, -0.2) is 0 Å². The monoisotopic (exact) mass is 357 g/mol. The molecule has 0 radical (unpaired) electrons. The second kappa shape index (κ2) is 6.30. The van der Waals surface area contributed by atoms with Crippen LogP contribution in [0.1, 0.15) is 15.9 Å². The highest BCUT2D eigenvalue weighted by Crippen LogP contribution is 2.29. The molecule has 21 heavy (non-hydrogen) atoms. The van der Waals surface area contributed by atoms with Gasteiger partial charge in [-0.2, -0.15) is 13.2 Å². The molecule has 0 fully saturated rings. The van der Waals surface area contributed by atoms with Gasteiger partial charge in [-0.3, -0.25) is 4.79 Å². The molecule has 2 rings (SSSR count). The first-order valence-corrected chi connectivity index (χ1v) is 6.85. The van der Waals surface area contributed by atoms with Crippen molar-refractivity contribution in [2.24, 2.45) is 0 Å². The molecular formula is C15H11BrF3NO. The topological polar surface area (TPSA) is 29.1 Å². The zero-order valence-corrected chi connectivity index (χ0v) is 12.3.